The second-order valence-electron chi connectivity index (χ2n) is 7.14. The van der Waals surface area contributed by atoms with Crippen molar-refractivity contribution in [3.8, 4) is 5.75 Å². The second kappa shape index (κ2) is 9.63. The van der Waals surface area contributed by atoms with E-state index < -0.39 is 21.8 Å². The molecule has 0 spiro atoms. The van der Waals surface area contributed by atoms with Gasteiger partial charge in [0.2, 0.25) is 5.91 Å². The molecule has 0 saturated heterocycles. The number of ether oxygens (including phenoxy) is 1. The molecule has 1 heterocycles. The molecule has 0 radical (unpaired) electrons. The van der Waals surface area contributed by atoms with Gasteiger partial charge in [-0.3, -0.25) is 25.2 Å². The predicted molar refractivity (Wildman–Crippen MR) is 124 cm³/mol. The number of methoxy groups -OCH3 is 1. The summed E-state index contributed by atoms with van der Waals surface area (Å²) < 4.78 is 38.4. The van der Waals surface area contributed by atoms with E-state index in [1.807, 2.05) is 0 Å². The van der Waals surface area contributed by atoms with Crippen LogP contribution < -0.4 is 20.3 Å². The molecule has 34 heavy (non-hydrogen) atoms. The first kappa shape index (κ1) is 22.8. The third-order valence-electron chi connectivity index (χ3n) is 4.85. The highest BCUT2D eigenvalue weighted by Crippen LogP contribution is 2.26. The van der Waals surface area contributed by atoms with Crippen molar-refractivity contribution in [3.63, 3.8) is 0 Å². The smallest absolute Gasteiger partial charge is 0.269 e. The lowest BCUT2D eigenvalue weighted by atomic mass is 10.2. The van der Waals surface area contributed by atoms with Gasteiger partial charge in [0.1, 0.15) is 11.4 Å². The predicted octanol–water partition coefficient (Wildman–Crippen LogP) is 2.64. The largest absolute Gasteiger partial charge is 0.495 e. The molecule has 0 fully saturated rings. The van der Waals surface area contributed by atoms with E-state index in [0.717, 1.165) is 0 Å². The Bertz CT molecular complexity index is 1470. The van der Waals surface area contributed by atoms with Gasteiger partial charge in [-0.1, -0.05) is 35.5 Å². The van der Waals surface area contributed by atoms with Crippen LogP contribution in [0.15, 0.2) is 82.2 Å². The van der Waals surface area contributed by atoms with E-state index in [2.05, 4.69) is 20.7 Å². The lowest BCUT2D eigenvalue weighted by molar-refractivity contribution is -0.121. The second-order valence-corrected chi connectivity index (χ2v) is 8.82. The van der Waals surface area contributed by atoms with Crippen molar-refractivity contribution < 1.29 is 27.3 Å². The third kappa shape index (κ3) is 4.99. The highest BCUT2D eigenvalue weighted by Gasteiger charge is 2.19. The van der Waals surface area contributed by atoms with Gasteiger partial charge in [-0.05, 0) is 42.5 Å². The minimum absolute atomic E-state index is 0.0371. The fourth-order valence-corrected chi connectivity index (χ4v) is 4.31. The molecular formula is C23H20N4O6S. The van der Waals surface area contributed by atoms with Crippen LogP contribution in [-0.4, -0.2) is 32.5 Å². The molecule has 10 nitrogen and oxygen atoms in total. The highest BCUT2D eigenvalue weighted by molar-refractivity contribution is 7.92. The number of carbonyl (C=O) groups is 2. The van der Waals surface area contributed by atoms with Crippen LogP contribution in [0.25, 0.3) is 11.0 Å². The summed E-state index contributed by atoms with van der Waals surface area (Å²) in [5.41, 5.74) is 5.84. The number of hydrogen-bond acceptors (Lipinski definition) is 7. The van der Waals surface area contributed by atoms with Gasteiger partial charge < -0.3 is 9.26 Å². The molecule has 1 aromatic heterocycles. The van der Waals surface area contributed by atoms with E-state index in [4.69, 9.17) is 9.26 Å². The number of carbonyl (C=O) groups excluding carboxylic acids is 2. The number of nitrogens with zero attached hydrogens (tertiary/aromatic N) is 1. The van der Waals surface area contributed by atoms with E-state index >= 15 is 0 Å². The third-order valence-corrected chi connectivity index (χ3v) is 6.22. The zero-order valence-electron chi connectivity index (χ0n) is 17.9. The Hall–Kier alpha value is -4.38. The Balaban J connectivity index is 1.41. The number of hydrogen-bond donors (Lipinski definition) is 3. The lowest BCUT2D eigenvalue weighted by Gasteiger charge is -2.12. The van der Waals surface area contributed by atoms with Gasteiger partial charge in [0.05, 0.1) is 24.1 Å². The summed E-state index contributed by atoms with van der Waals surface area (Å²) in [4.78, 5) is 24.6. The SMILES string of the molecule is COc1ccccc1NS(=O)(=O)c1cccc(C(=O)NNC(=O)Cc2noc3ccccc23)c1. The van der Waals surface area contributed by atoms with Gasteiger partial charge in [-0.15, -0.1) is 0 Å². The Morgan fingerprint density at radius 1 is 0.971 bits per heavy atom. The van der Waals surface area contributed by atoms with Crippen molar-refractivity contribution in [2.45, 2.75) is 11.3 Å². The van der Waals surface area contributed by atoms with Crippen molar-refractivity contribution in [1.29, 1.82) is 0 Å². The maximum absolute atomic E-state index is 12.8. The number of hydrazine groups is 1. The highest BCUT2D eigenvalue weighted by atomic mass is 32.2. The van der Waals surface area contributed by atoms with Gasteiger partial charge in [-0.25, -0.2) is 8.42 Å². The average molecular weight is 481 g/mol. The standard InChI is InChI=1S/C23H20N4O6S/c1-32-21-12-5-3-10-18(21)27-34(30,31)16-8-6-7-15(13-16)23(29)25-24-22(28)14-19-17-9-2-4-11-20(17)33-26-19/h2-13,27H,14H2,1H3,(H,24,28)(H,25,29). The Kier molecular flexibility index (Phi) is 6.46. The van der Waals surface area contributed by atoms with E-state index in [1.165, 1.54) is 31.4 Å². The number of aromatic nitrogens is 1. The van der Waals surface area contributed by atoms with Crippen LogP contribution in [0, 0.1) is 0 Å². The van der Waals surface area contributed by atoms with Crippen molar-refractivity contribution in [1.82, 2.24) is 16.0 Å². The lowest BCUT2D eigenvalue weighted by Crippen LogP contribution is -2.42. The van der Waals surface area contributed by atoms with E-state index in [0.29, 0.717) is 22.4 Å². The van der Waals surface area contributed by atoms with Gasteiger partial charge in [0.15, 0.2) is 5.58 Å². The number of para-hydroxylation sites is 3. The van der Waals surface area contributed by atoms with Crippen LogP contribution in [0.5, 0.6) is 5.75 Å². The summed E-state index contributed by atoms with van der Waals surface area (Å²) in [6.45, 7) is 0. The molecule has 3 aromatic carbocycles. The zero-order chi connectivity index (χ0) is 24.1. The van der Waals surface area contributed by atoms with Crippen molar-refractivity contribution >= 4 is 38.5 Å². The van der Waals surface area contributed by atoms with E-state index in [9.17, 15) is 18.0 Å². The van der Waals surface area contributed by atoms with Crippen LogP contribution >= 0.6 is 0 Å². The fourth-order valence-electron chi connectivity index (χ4n) is 3.20. The van der Waals surface area contributed by atoms with E-state index in [1.54, 1.807) is 48.5 Å². The van der Waals surface area contributed by atoms with Crippen LogP contribution in [0.4, 0.5) is 5.69 Å². The van der Waals surface area contributed by atoms with Gasteiger partial charge in [0, 0.05) is 10.9 Å². The quantitative estimate of drug-likeness (QED) is 0.346. The summed E-state index contributed by atoms with van der Waals surface area (Å²) in [6, 6.07) is 19.0. The molecule has 0 aliphatic carbocycles. The maximum atomic E-state index is 12.8. The van der Waals surface area contributed by atoms with Crippen LogP contribution in [0.2, 0.25) is 0 Å². The molecule has 0 unspecified atom stereocenters. The number of nitrogens with one attached hydrogen (secondary N) is 3. The van der Waals surface area contributed by atoms with Crippen LogP contribution in [0.1, 0.15) is 16.1 Å². The van der Waals surface area contributed by atoms with Crippen LogP contribution in [0.3, 0.4) is 0 Å². The summed E-state index contributed by atoms with van der Waals surface area (Å²) in [6.07, 6.45) is -0.117. The maximum Gasteiger partial charge on any atom is 0.269 e. The Labute approximate surface area is 194 Å². The molecule has 0 aliphatic rings. The van der Waals surface area contributed by atoms with Crippen molar-refractivity contribution in [3.05, 3.63) is 84.1 Å². The molecule has 0 saturated carbocycles. The molecule has 4 aromatic rings. The number of fused-ring (bicyclic) bond motifs is 1. The number of anilines is 1. The Morgan fingerprint density at radius 2 is 1.74 bits per heavy atom. The first-order valence-corrected chi connectivity index (χ1v) is 11.5. The molecule has 174 valence electrons. The average Bonchev–Trinajstić information content (AvgIpc) is 3.25. The minimum atomic E-state index is -4.00. The number of amides is 2. The summed E-state index contributed by atoms with van der Waals surface area (Å²) in [5, 5.41) is 4.57. The van der Waals surface area contributed by atoms with Gasteiger partial charge in [0.25, 0.3) is 15.9 Å². The fraction of sp³-hybridized carbons (Fsp3) is 0.0870. The van der Waals surface area contributed by atoms with Gasteiger partial charge >= 0.3 is 0 Å². The van der Waals surface area contributed by atoms with E-state index in [-0.39, 0.29) is 22.6 Å². The van der Waals surface area contributed by atoms with Crippen molar-refractivity contribution in [2.24, 2.45) is 0 Å². The molecule has 3 N–H and O–H groups in total. The molecule has 2 amide bonds. The summed E-state index contributed by atoms with van der Waals surface area (Å²) in [5.74, 6) is -0.857. The van der Waals surface area contributed by atoms with Crippen LogP contribution in [-0.2, 0) is 21.2 Å². The number of benzene rings is 3. The molecular weight excluding hydrogens is 460 g/mol. The topological polar surface area (TPSA) is 140 Å². The molecule has 0 aliphatic heterocycles. The molecule has 0 bridgehead atoms. The monoisotopic (exact) mass is 480 g/mol. The zero-order valence-corrected chi connectivity index (χ0v) is 18.8. The minimum Gasteiger partial charge on any atom is -0.495 e. The molecule has 4 rings (SSSR count). The summed E-state index contributed by atoms with van der Waals surface area (Å²) in [7, 11) is -2.58. The van der Waals surface area contributed by atoms with Crippen molar-refractivity contribution in [2.75, 3.05) is 11.8 Å². The normalized spacial score (nSPS) is 11.1. The summed E-state index contributed by atoms with van der Waals surface area (Å²) >= 11 is 0. The first-order valence-electron chi connectivity index (χ1n) is 10.1. The first-order chi connectivity index (χ1) is 16.4. The number of rotatable bonds is 7. The number of sulfonamides is 1. The van der Waals surface area contributed by atoms with Gasteiger partial charge in [-0.2, -0.15) is 0 Å². The Morgan fingerprint density at radius 3 is 2.56 bits per heavy atom. The molecule has 0 atom stereocenters. The molecule has 11 heteroatoms.